The van der Waals surface area contributed by atoms with Crippen LogP contribution in [0.25, 0.3) is 0 Å². The number of imide groups is 1. The minimum absolute atomic E-state index is 0.0712. The number of hydrogen-bond donors (Lipinski definition) is 3. The van der Waals surface area contributed by atoms with E-state index in [1.165, 1.54) is 4.90 Å². The monoisotopic (exact) mass is 324 g/mol. The van der Waals surface area contributed by atoms with Crippen LogP contribution in [0, 0.1) is 5.41 Å². The fourth-order valence-corrected chi connectivity index (χ4v) is 2.21. The van der Waals surface area contributed by atoms with Crippen LogP contribution in [-0.2, 0) is 4.79 Å². The number of halogens is 1. The van der Waals surface area contributed by atoms with Gasteiger partial charge in [-0.15, -0.1) is 0 Å². The number of nitrogens with zero attached hydrogens (tertiary/aromatic N) is 1. The van der Waals surface area contributed by atoms with Gasteiger partial charge in [-0.2, -0.15) is 0 Å². The van der Waals surface area contributed by atoms with E-state index >= 15 is 0 Å². The van der Waals surface area contributed by atoms with Gasteiger partial charge in [0, 0.05) is 35.7 Å². The lowest BCUT2D eigenvalue weighted by Crippen LogP contribution is -2.51. The van der Waals surface area contributed by atoms with Crippen LogP contribution in [-0.4, -0.2) is 36.3 Å². The Balaban J connectivity index is 2.29. The fraction of sp³-hybridized carbons (Fsp3) is 0.250. The van der Waals surface area contributed by atoms with Gasteiger partial charge in [0.25, 0.3) is 0 Å². The molecule has 0 spiro atoms. The molecule has 0 bridgehead atoms. The first-order valence-corrected chi connectivity index (χ1v) is 6.50. The van der Waals surface area contributed by atoms with Crippen molar-refractivity contribution in [2.24, 2.45) is 0 Å². The molecule has 1 aliphatic rings. The molecule has 0 aromatic heterocycles. The minimum Gasteiger partial charge on any atom is -0.387 e. The van der Waals surface area contributed by atoms with E-state index in [0.717, 1.165) is 10.2 Å². The Kier molecular flexibility index (Phi) is 3.84. The second-order valence-corrected chi connectivity index (χ2v) is 4.96. The predicted molar refractivity (Wildman–Crippen MR) is 75.4 cm³/mol. The van der Waals surface area contributed by atoms with Gasteiger partial charge in [-0.1, -0.05) is 15.9 Å². The molecule has 1 aliphatic heterocycles. The van der Waals surface area contributed by atoms with Crippen LogP contribution in [0.4, 0.5) is 10.5 Å². The van der Waals surface area contributed by atoms with Gasteiger partial charge >= 0.3 is 6.03 Å². The molecule has 6 nitrogen and oxygen atoms in total. The second-order valence-electron chi connectivity index (χ2n) is 4.04. The van der Waals surface area contributed by atoms with Crippen LogP contribution in [0.15, 0.2) is 22.7 Å². The van der Waals surface area contributed by atoms with E-state index in [0.29, 0.717) is 5.56 Å². The Morgan fingerprint density at radius 1 is 1.47 bits per heavy atom. The molecule has 1 fully saturated rings. The summed E-state index contributed by atoms with van der Waals surface area (Å²) in [5, 5.41) is 13.3. The third-order valence-electron chi connectivity index (χ3n) is 2.83. The molecular weight excluding hydrogens is 312 g/mol. The normalized spacial score (nSPS) is 15.2. The first kappa shape index (κ1) is 13.5. The Bertz CT molecular complexity index is 559. The Morgan fingerprint density at radius 3 is 2.84 bits per heavy atom. The maximum atomic E-state index is 11.7. The molecule has 100 valence electrons. The molecule has 3 N–H and O–H groups in total. The molecule has 0 saturated carbocycles. The van der Waals surface area contributed by atoms with Crippen molar-refractivity contribution in [1.82, 2.24) is 10.2 Å². The topological polar surface area (TPSA) is 85.3 Å². The molecule has 2 rings (SSSR count). The van der Waals surface area contributed by atoms with Crippen molar-refractivity contribution in [1.29, 1.82) is 5.41 Å². The van der Waals surface area contributed by atoms with Crippen molar-refractivity contribution in [2.75, 3.05) is 18.9 Å². The van der Waals surface area contributed by atoms with Crippen LogP contribution in [0.5, 0.6) is 0 Å². The van der Waals surface area contributed by atoms with Crippen LogP contribution >= 0.6 is 15.9 Å². The highest BCUT2D eigenvalue weighted by Gasteiger charge is 2.27. The zero-order chi connectivity index (χ0) is 14.0. The van der Waals surface area contributed by atoms with E-state index in [-0.39, 0.29) is 24.7 Å². The van der Waals surface area contributed by atoms with Crippen molar-refractivity contribution in [3.05, 3.63) is 28.2 Å². The number of nitrogens with one attached hydrogen (secondary N) is 3. The van der Waals surface area contributed by atoms with Crippen LogP contribution in [0.3, 0.4) is 0 Å². The number of benzene rings is 1. The zero-order valence-electron chi connectivity index (χ0n) is 10.3. The molecule has 0 aliphatic carbocycles. The van der Waals surface area contributed by atoms with Gasteiger partial charge in [-0.25, -0.2) is 4.79 Å². The SMILES string of the molecule is CNc1cc(Br)ccc1C(=N)N1CCC(=O)NC1=O. The summed E-state index contributed by atoms with van der Waals surface area (Å²) in [6, 6.07) is 4.84. The van der Waals surface area contributed by atoms with E-state index in [9.17, 15) is 9.59 Å². The summed E-state index contributed by atoms with van der Waals surface area (Å²) in [6.45, 7) is 0.225. The average molecular weight is 325 g/mol. The summed E-state index contributed by atoms with van der Waals surface area (Å²) in [4.78, 5) is 24.1. The Hall–Kier alpha value is -1.89. The smallest absolute Gasteiger partial charge is 0.329 e. The molecule has 7 heteroatoms. The highest BCUT2D eigenvalue weighted by atomic mass is 79.9. The quantitative estimate of drug-likeness (QED) is 0.572. The first-order chi connectivity index (χ1) is 9.02. The number of anilines is 1. The summed E-state index contributed by atoms with van der Waals surface area (Å²) >= 11 is 3.35. The van der Waals surface area contributed by atoms with E-state index < -0.39 is 6.03 Å². The number of hydrogen-bond acceptors (Lipinski definition) is 4. The van der Waals surface area contributed by atoms with Crippen LogP contribution < -0.4 is 10.6 Å². The maximum Gasteiger partial charge on any atom is 0.329 e. The van der Waals surface area contributed by atoms with E-state index in [4.69, 9.17) is 5.41 Å². The number of amidine groups is 1. The maximum absolute atomic E-state index is 11.7. The first-order valence-electron chi connectivity index (χ1n) is 5.70. The molecule has 3 amide bonds. The van der Waals surface area contributed by atoms with E-state index in [1.54, 1.807) is 19.2 Å². The lowest BCUT2D eigenvalue weighted by Gasteiger charge is -2.27. The van der Waals surface area contributed by atoms with Crippen molar-refractivity contribution in [3.8, 4) is 0 Å². The second kappa shape index (κ2) is 5.40. The predicted octanol–water partition coefficient (Wildman–Crippen LogP) is 1.76. The van der Waals surface area contributed by atoms with Crippen molar-refractivity contribution >= 4 is 39.4 Å². The van der Waals surface area contributed by atoms with Gasteiger partial charge in [-0.05, 0) is 18.2 Å². The van der Waals surface area contributed by atoms with Gasteiger partial charge < -0.3 is 5.32 Å². The highest BCUT2D eigenvalue weighted by molar-refractivity contribution is 9.10. The number of rotatable bonds is 2. The molecule has 1 saturated heterocycles. The molecule has 1 aromatic rings. The number of amides is 3. The van der Waals surface area contributed by atoms with Crippen LogP contribution in [0.1, 0.15) is 12.0 Å². The van der Waals surface area contributed by atoms with E-state index in [1.807, 2.05) is 6.07 Å². The van der Waals surface area contributed by atoms with Gasteiger partial charge in [0.1, 0.15) is 5.84 Å². The lowest BCUT2D eigenvalue weighted by atomic mass is 10.1. The molecule has 1 heterocycles. The summed E-state index contributed by atoms with van der Waals surface area (Å²) < 4.78 is 0.881. The molecule has 1 aromatic carbocycles. The number of urea groups is 1. The average Bonchev–Trinajstić information content (AvgIpc) is 2.37. The van der Waals surface area contributed by atoms with Crippen molar-refractivity contribution < 1.29 is 9.59 Å². The van der Waals surface area contributed by atoms with Crippen molar-refractivity contribution in [2.45, 2.75) is 6.42 Å². The molecule has 0 radical (unpaired) electrons. The van der Waals surface area contributed by atoms with Gasteiger partial charge in [0.15, 0.2) is 0 Å². The highest BCUT2D eigenvalue weighted by Crippen LogP contribution is 2.23. The Labute approximate surface area is 118 Å². The van der Waals surface area contributed by atoms with Gasteiger partial charge in [0.05, 0.1) is 0 Å². The lowest BCUT2D eigenvalue weighted by molar-refractivity contribution is -0.121. The summed E-state index contributed by atoms with van der Waals surface area (Å²) in [5.74, 6) is -0.236. The summed E-state index contributed by atoms with van der Waals surface area (Å²) in [5.41, 5.74) is 1.35. The molecule has 19 heavy (non-hydrogen) atoms. The van der Waals surface area contributed by atoms with Crippen molar-refractivity contribution in [3.63, 3.8) is 0 Å². The molecule has 0 atom stereocenters. The zero-order valence-corrected chi connectivity index (χ0v) is 11.9. The molecular formula is C12H13BrN4O2. The summed E-state index contributed by atoms with van der Waals surface area (Å²) in [6.07, 6.45) is 0.208. The fourth-order valence-electron chi connectivity index (χ4n) is 1.85. The standard InChI is InChI=1S/C12H13BrN4O2/c1-15-9-6-7(13)2-3-8(9)11(14)17-5-4-10(18)16-12(17)19/h2-3,6,14-15H,4-5H2,1H3,(H,16,18,19). The van der Waals surface area contributed by atoms with Crippen LogP contribution in [0.2, 0.25) is 0 Å². The third kappa shape index (κ3) is 2.76. The minimum atomic E-state index is -0.550. The van der Waals surface area contributed by atoms with E-state index in [2.05, 4.69) is 26.6 Å². The number of carbonyl (C=O) groups is 2. The Morgan fingerprint density at radius 2 is 2.21 bits per heavy atom. The molecule has 0 unspecified atom stereocenters. The van der Waals surface area contributed by atoms with Gasteiger partial charge in [0.2, 0.25) is 5.91 Å². The third-order valence-corrected chi connectivity index (χ3v) is 3.32. The summed E-state index contributed by atoms with van der Waals surface area (Å²) in [7, 11) is 1.75. The largest absolute Gasteiger partial charge is 0.387 e. The van der Waals surface area contributed by atoms with Gasteiger partial charge in [-0.3, -0.25) is 20.4 Å². The number of carbonyl (C=O) groups excluding carboxylic acids is 2.